The Morgan fingerprint density at radius 1 is 0.720 bits per heavy atom. The Bertz CT molecular complexity index is 995. The van der Waals surface area contributed by atoms with Gasteiger partial charge in [0.15, 0.2) is 0 Å². The molecule has 3 heteroatoms. The number of nitrogens with zero attached hydrogens (tertiary/aromatic N) is 2. The molecule has 0 N–H and O–H groups in total. The van der Waals surface area contributed by atoms with Gasteiger partial charge in [-0.1, -0.05) is 43.3 Å². The number of benzene rings is 3. The van der Waals surface area contributed by atoms with E-state index >= 15 is 0 Å². The number of ether oxygens (including phenoxy) is 1. The lowest BCUT2D eigenvalue weighted by atomic mass is 10.1. The highest BCUT2D eigenvalue weighted by atomic mass is 16.5. The Labute approximate surface area is 147 Å². The second-order valence-electron chi connectivity index (χ2n) is 5.80. The minimum Gasteiger partial charge on any atom is -0.457 e. The maximum Gasteiger partial charge on any atom is 0.129 e. The van der Waals surface area contributed by atoms with Crippen LogP contribution in [-0.4, -0.2) is 9.97 Å². The SMILES string of the molecule is CCc1nc(-c2ccc(Oc3ccccc3)cc2)c2ccccc2n1. The Kier molecular flexibility index (Phi) is 4.13. The van der Waals surface area contributed by atoms with Crippen LogP contribution < -0.4 is 4.74 Å². The lowest BCUT2D eigenvalue weighted by Crippen LogP contribution is -1.97. The van der Waals surface area contributed by atoms with E-state index in [0.29, 0.717) is 0 Å². The normalized spacial score (nSPS) is 10.8. The number of aromatic nitrogens is 2. The van der Waals surface area contributed by atoms with Crippen molar-refractivity contribution in [3.8, 4) is 22.8 Å². The molecule has 4 rings (SSSR count). The van der Waals surface area contributed by atoms with Crippen LogP contribution in [0.4, 0.5) is 0 Å². The first-order valence-electron chi connectivity index (χ1n) is 8.42. The second-order valence-corrected chi connectivity index (χ2v) is 5.80. The molecular formula is C22H18N2O. The van der Waals surface area contributed by atoms with Crippen molar-refractivity contribution in [1.29, 1.82) is 0 Å². The van der Waals surface area contributed by atoms with Crippen molar-refractivity contribution in [3.63, 3.8) is 0 Å². The van der Waals surface area contributed by atoms with E-state index in [1.165, 1.54) is 0 Å². The zero-order chi connectivity index (χ0) is 17.1. The first kappa shape index (κ1) is 15.3. The summed E-state index contributed by atoms with van der Waals surface area (Å²) < 4.78 is 5.87. The van der Waals surface area contributed by atoms with Gasteiger partial charge in [0.25, 0.3) is 0 Å². The minimum atomic E-state index is 0.809. The van der Waals surface area contributed by atoms with E-state index in [1.807, 2.05) is 72.8 Å². The van der Waals surface area contributed by atoms with Gasteiger partial charge in [-0.2, -0.15) is 0 Å². The predicted molar refractivity (Wildman–Crippen MR) is 101 cm³/mol. The summed E-state index contributed by atoms with van der Waals surface area (Å²) in [5.74, 6) is 2.50. The van der Waals surface area contributed by atoms with Gasteiger partial charge < -0.3 is 4.74 Å². The van der Waals surface area contributed by atoms with Crippen molar-refractivity contribution in [3.05, 3.63) is 84.7 Å². The molecule has 1 aromatic heterocycles. The van der Waals surface area contributed by atoms with Gasteiger partial charge in [-0.05, 0) is 42.5 Å². The molecule has 1 heterocycles. The quantitative estimate of drug-likeness (QED) is 0.486. The standard InChI is InChI=1S/C22H18N2O/c1-2-21-23-20-11-7-6-10-19(20)22(24-21)16-12-14-18(15-13-16)25-17-8-4-3-5-9-17/h3-15H,2H2,1H3. The van der Waals surface area contributed by atoms with Crippen LogP contribution in [0, 0.1) is 0 Å². The van der Waals surface area contributed by atoms with Gasteiger partial charge in [0.2, 0.25) is 0 Å². The van der Waals surface area contributed by atoms with Crippen LogP contribution in [0.25, 0.3) is 22.2 Å². The van der Waals surface area contributed by atoms with Gasteiger partial charge in [-0.15, -0.1) is 0 Å². The Morgan fingerprint density at radius 2 is 1.40 bits per heavy atom. The van der Waals surface area contributed by atoms with Gasteiger partial charge >= 0.3 is 0 Å². The Morgan fingerprint density at radius 3 is 2.16 bits per heavy atom. The zero-order valence-electron chi connectivity index (χ0n) is 14.0. The van der Waals surface area contributed by atoms with Gasteiger partial charge in [0, 0.05) is 17.4 Å². The number of fused-ring (bicyclic) bond motifs is 1. The first-order valence-corrected chi connectivity index (χ1v) is 8.42. The number of rotatable bonds is 4. The summed E-state index contributed by atoms with van der Waals surface area (Å²) in [4.78, 5) is 9.37. The maximum atomic E-state index is 5.87. The fraction of sp³-hybridized carbons (Fsp3) is 0.0909. The third-order valence-electron chi connectivity index (χ3n) is 4.07. The van der Waals surface area contributed by atoms with Crippen molar-refractivity contribution in [2.45, 2.75) is 13.3 Å². The van der Waals surface area contributed by atoms with Crippen LogP contribution in [0.1, 0.15) is 12.7 Å². The van der Waals surface area contributed by atoms with Crippen molar-refractivity contribution in [2.75, 3.05) is 0 Å². The maximum absolute atomic E-state index is 5.87. The van der Waals surface area contributed by atoms with Crippen LogP contribution in [0.2, 0.25) is 0 Å². The summed E-state index contributed by atoms with van der Waals surface area (Å²) in [7, 11) is 0. The van der Waals surface area contributed by atoms with Gasteiger partial charge in [-0.25, -0.2) is 9.97 Å². The largest absolute Gasteiger partial charge is 0.457 e. The zero-order valence-corrected chi connectivity index (χ0v) is 14.0. The van der Waals surface area contributed by atoms with E-state index in [2.05, 4.69) is 18.0 Å². The van der Waals surface area contributed by atoms with Crippen LogP contribution >= 0.6 is 0 Å². The molecule has 0 aliphatic heterocycles. The lowest BCUT2D eigenvalue weighted by Gasteiger charge is -2.09. The van der Waals surface area contributed by atoms with Crippen LogP contribution in [0.15, 0.2) is 78.9 Å². The highest BCUT2D eigenvalue weighted by molar-refractivity contribution is 5.92. The van der Waals surface area contributed by atoms with E-state index in [-0.39, 0.29) is 0 Å². The third kappa shape index (κ3) is 3.22. The van der Waals surface area contributed by atoms with Gasteiger partial charge in [-0.3, -0.25) is 0 Å². The van der Waals surface area contributed by atoms with Crippen molar-refractivity contribution in [1.82, 2.24) is 9.97 Å². The highest BCUT2D eigenvalue weighted by Crippen LogP contribution is 2.29. The summed E-state index contributed by atoms with van der Waals surface area (Å²) in [5.41, 5.74) is 3.01. The van der Waals surface area contributed by atoms with Crippen molar-refractivity contribution < 1.29 is 4.74 Å². The van der Waals surface area contributed by atoms with Crippen LogP contribution in [-0.2, 0) is 6.42 Å². The van der Waals surface area contributed by atoms with Gasteiger partial charge in [0.1, 0.15) is 17.3 Å². The number of hydrogen-bond acceptors (Lipinski definition) is 3. The minimum absolute atomic E-state index is 0.809. The second kappa shape index (κ2) is 6.73. The Hall–Kier alpha value is -3.20. The molecule has 3 nitrogen and oxygen atoms in total. The monoisotopic (exact) mass is 326 g/mol. The molecule has 25 heavy (non-hydrogen) atoms. The molecule has 0 radical (unpaired) electrons. The van der Waals surface area contributed by atoms with Crippen LogP contribution in [0.3, 0.4) is 0 Å². The topological polar surface area (TPSA) is 35.0 Å². The molecule has 0 aliphatic rings. The summed E-state index contributed by atoms with van der Waals surface area (Å²) in [6.45, 7) is 2.07. The van der Waals surface area contributed by atoms with Crippen LogP contribution in [0.5, 0.6) is 11.5 Å². The summed E-state index contributed by atoms with van der Waals surface area (Å²) in [5, 5.41) is 1.07. The number of para-hydroxylation sites is 2. The molecule has 0 saturated carbocycles. The molecule has 0 amide bonds. The van der Waals surface area contributed by atoms with Gasteiger partial charge in [0.05, 0.1) is 11.2 Å². The third-order valence-corrected chi connectivity index (χ3v) is 4.07. The summed E-state index contributed by atoms with van der Waals surface area (Å²) >= 11 is 0. The van der Waals surface area contributed by atoms with Crippen molar-refractivity contribution >= 4 is 10.9 Å². The molecule has 4 aromatic rings. The average Bonchev–Trinajstić information content (AvgIpc) is 2.68. The molecule has 0 saturated heterocycles. The molecular weight excluding hydrogens is 308 g/mol. The van der Waals surface area contributed by atoms with Crippen molar-refractivity contribution in [2.24, 2.45) is 0 Å². The van der Waals surface area contributed by atoms with E-state index in [4.69, 9.17) is 9.72 Å². The smallest absolute Gasteiger partial charge is 0.129 e. The van der Waals surface area contributed by atoms with E-state index in [9.17, 15) is 0 Å². The molecule has 0 spiro atoms. The number of aryl methyl sites for hydroxylation is 1. The Balaban J connectivity index is 1.71. The fourth-order valence-corrected chi connectivity index (χ4v) is 2.81. The lowest BCUT2D eigenvalue weighted by molar-refractivity contribution is 0.483. The summed E-state index contributed by atoms with van der Waals surface area (Å²) in [6.07, 6.45) is 0.813. The highest BCUT2D eigenvalue weighted by Gasteiger charge is 2.09. The number of hydrogen-bond donors (Lipinski definition) is 0. The molecule has 0 atom stereocenters. The average molecular weight is 326 g/mol. The molecule has 0 bridgehead atoms. The molecule has 122 valence electrons. The van der Waals surface area contributed by atoms with E-state index in [1.54, 1.807) is 0 Å². The molecule has 0 aliphatic carbocycles. The first-order chi connectivity index (χ1) is 12.3. The summed E-state index contributed by atoms with van der Waals surface area (Å²) in [6, 6.07) is 26.0. The fourth-order valence-electron chi connectivity index (χ4n) is 2.81. The predicted octanol–water partition coefficient (Wildman–Crippen LogP) is 5.65. The molecule has 0 fully saturated rings. The van der Waals surface area contributed by atoms with E-state index < -0.39 is 0 Å². The van der Waals surface area contributed by atoms with E-state index in [0.717, 1.165) is 45.9 Å². The molecule has 0 unspecified atom stereocenters. The molecule has 3 aromatic carbocycles.